The van der Waals surface area contributed by atoms with Crippen molar-refractivity contribution in [3.05, 3.63) is 151 Å². The van der Waals surface area contributed by atoms with E-state index in [9.17, 15) is 0 Å². The Labute approximate surface area is 234 Å². The minimum absolute atomic E-state index is 0.887. The van der Waals surface area contributed by atoms with Crippen molar-refractivity contribution in [1.82, 2.24) is 8.90 Å². The van der Waals surface area contributed by atoms with Gasteiger partial charge in [0.2, 0.25) is 0 Å². The first-order valence-corrected chi connectivity index (χ1v) is 15.1. The molecule has 2 nitrogen and oxygen atoms in total. The second-order valence-corrected chi connectivity index (χ2v) is 12.2. The standard InChI is InChI=1S/C37H27N2P/c1-5-15-27(16-6-1)38-33-23-14-13-22-32(33)36-35(38)26-25-31-30-21-11-4-12-24-34(30)39(37(31)36)40(28-17-7-2-8-18-28)29-19-9-3-10-20-29/h1-3,5-26H,4H2. The Hall–Kier alpha value is -4.65. The van der Waals surface area contributed by atoms with Gasteiger partial charge in [0, 0.05) is 38.0 Å². The maximum atomic E-state index is 2.67. The van der Waals surface area contributed by atoms with Gasteiger partial charge in [-0.15, -0.1) is 0 Å². The van der Waals surface area contributed by atoms with Crippen LogP contribution in [0.1, 0.15) is 17.7 Å². The molecule has 0 saturated heterocycles. The molecular weight excluding hydrogens is 503 g/mol. The van der Waals surface area contributed by atoms with E-state index < -0.39 is 8.07 Å². The second kappa shape index (κ2) is 9.52. The van der Waals surface area contributed by atoms with Gasteiger partial charge < -0.3 is 8.90 Å². The predicted octanol–water partition coefficient (Wildman–Crippen LogP) is 9.06. The van der Waals surface area contributed by atoms with E-state index in [1.807, 2.05) is 0 Å². The van der Waals surface area contributed by atoms with Crippen LogP contribution in [0, 0.1) is 0 Å². The average Bonchev–Trinajstić information content (AvgIpc) is 3.39. The maximum absolute atomic E-state index is 2.67. The normalized spacial score (nSPS) is 12.9. The SMILES string of the molecule is C1=Cc2c(n(P(c3ccccc3)c3ccccc3)c3c2ccc2c3c3ccccc3n2-c2ccccc2)C=CC1. The zero-order chi connectivity index (χ0) is 26.5. The molecule has 0 radical (unpaired) electrons. The van der Waals surface area contributed by atoms with Crippen molar-refractivity contribution in [2.24, 2.45) is 0 Å². The van der Waals surface area contributed by atoms with Crippen molar-refractivity contribution in [3.63, 3.8) is 0 Å². The number of aromatic nitrogens is 2. The Kier molecular flexibility index (Phi) is 5.53. The molecule has 0 amide bonds. The zero-order valence-electron chi connectivity index (χ0n) is 22.0. The molecule has 0 unspecified atom stereocenters. The molecule has 0 saturated carbocycles. The van der Waals surface area contributed by atoms with E-state index in [-0.39, 0.29) is 0 Å². The van der Waals surface area contributed by atoms with E-state index >= 15 is 0 Å². The summed E-state index contributed by atoms with van der Waals surface area (Å²) in [7, 11) is -0.887. The summed E-state index contributed by atoms with van der Waals surface area (Å²) in [5.41, 5.74) is 7.55. The van der Waals surface area contributed by atoms with Crippen LogP contribution in [0.4, 0.5) is 0 Å². The smallest absolute Gasteiger partial charge is 0.0633 e. The quantitative estimate of drug-likeness (QED) is 0.201. The molecule has 2 heterocycles. The molecular formula is C37H27N2P. The first-order valence-electron chi connectivity index (χ1n) is 13.8. The third kappa shape index (κ3) is 3.54. The predicted molar refractivity (Wildman–Crippen MR) is 173 cm³/mol. The molecule has 0 bridgehead atoms. The van der Waals surface area contributed by atoms with E-state index in [0.29, 0.717) is 0 Å². The van der Waals surface area contributed by atoms with Gasteiger partial charge in [-0.25, -0.2) is 0 Å². The van der Waals surface area contributed by atoms with E-state index in [4.69, 9.17) is 0 Å². The van der Waals surface area contributed by atoms with Gasteiger partial charge in [0.05, 0.1) is 30.3 Å². The van der Waals surface area contributed by atoms with Crippen LogP contribution in [0.15, 0.2) is 140 Å². The van der Waals surface area contributed by atoms with Gasteiger partial charge in [-0.05, 0) is 36.8 Å². The van der Waals surface area contributed by atoms with E-state index in [1.165, 1.54) is 60.3 Å². The number of benzene rings is 5. The second-order valence-electron chi connectivity index (χ2n) is 10.2. The molecule has 1 aliphatic rings. The summed E-state index contributed by atoms with van der Waals surface area (Å²) in [5.74, 6) is 0. The Morgan fingerprint density at radius 2 is 1.15 bits per heavy atom. The van der Waals surface area contributed by atoms with Crippen LogP contribution in [0.5, 0.6) is 0 Å². The topological polar surface area (TPSA) is 9.86 Å². The monoisotopic (exact) mass is 530 g/mol. The van der Waals surface area contributed by atoms with Crippen molar-refractivity contribution in [1.29, 1.82) is 0 Å². The number of hydrogen-bond donors (Lipinski definition) is 0. The largest absolute Gasteiger partial charge is 0.310 e. The van der Waals surface area contributed by atoms with Gasteiger partial charge in [-0.3, -0.25) is 0 Å². The third-order valence-corrected chi connectivity index (χ3v) is 10.3. The van der Waals surface area contributed by atoms with Crippen LogP contribution in [0.3, 0.4) is 0 Å². The summed E-state index contributed by atoms with van der Waals surface area (Å²) < 4.78 is 5.09. The summed E-state index contributed by atoms with van der Waals surface area (Å²) >= 11 is 0. The molecule has 0 aliphatic heterocycles. The molecule has 40 heavy (non-hydrogen) atoms. The molecule has 3 heteroatoms. The number of nitrogens with zero attached hydrogens (tertiary/aromatic N) is 2. The Balaban J connectivity index is 1.59. The van der Waals surface area contributed by atoms with Crippen LogP contribution in [-0.4, -0.2) is 8.90 Å². The molecule has 0 spiro atoms. The van der Waals surface area contributed by atoms with Gasteiger partial charge in [0.1, 0.15) is 0 Å². The lowest BCUT2D eigenvalue weighted by Gasteiger charge is -2.24. The van der Waals surface area contributed by atoms with Crippen LogP contribution in [0.2, 0.25) is 0 Å². The lowest BCUT2D eigenvalue weighted by Crippen LogP contribution is -2.17. The van der Waals surface area contributed by atoms with Gasteiger partial charge in [-0.1, -0.05) is 121 Å². The number of fused-ring (bicyclic) bond motifs is 7. The van der Waals surface area contributed by atoms with Crippen molar-refractivity contribution in [2.45, 2.75) is 6.42 Å². The fourth-order valence-corrected chi connectivity index (χ4v) is 8.68. The summed E-state index contributed by atoms with van der Waals surface area (Å²) in [6.45, 7) is 0. The minimum Gasteiger partial charge on any atom is -0.310 e. The molecule has 0 N–H and O–H groups in total. The Bertz CT molecular complexity index is 2020. The van der Waals surface area contributed by atoms with Crippen LogP contribution < -0.4 is 10.6 Å². The average molecular weight is 531 g/mol. The highest BCUT2D eigenvalue weighted by Crippen LogP contribution is 2.48. The molecule has 0 atom stereocenters. The highest BCUT2D eigenvalue weighted by molar-refractivity contribution is 7.71. The first-order chi connectivity index (χ1) is 19.9. The third-order valence-electron chi connectivity index (χ3n) is 7.87. The molecule has 190 valence electrons. The highest BCUT2D eigenvalue weighted by Gasteiger charge is 2.27. The number of hydrogen-bond acceptors (Lipinski definition) is 0. The number of rotatable bonds is 4. The molecule has 1 aliphatic carbocycles. The molecule has 8 rings (SSSR count). The summed E-state index contributed by atoms with van der Waals surface area (Å²) in [6, 6.07) is 46.4. The van der Waals surface area contributed by atoms with Crippen LogP contribution in [-0.2, 0) is 0 Å². The van der Waals surface area contributed by atoms with E-state index in [0.717, 1.165) is 6.42 Å². The Morgan fingerprint density at radius 1 is 0.525 bits per heavy atom. The van der Waals surface area contributed by atoms with Crippen molar-refractivity contribution >= 4 is 63.5 Å². The molecule has 7 aromatic rings. The molecule has 0 fully saturated rings. The Morgan fingerprint density at radius 3 is 1.88 bits per heavy atom. The van der Waals surface area contributed by atoms with Crippen molar-refractivity contribution < 1.29 is 0 Å². The van der Waals surface area contributed by atoms with Crippen molar-refractivity contribution in [3.8, 4) is 5.69 Å². The summed E-state index contributed by atoms with van der Waals surface area (Å²) in [6.07, 6.45) is 10.2. The fourth-order valence-electron chi connectivity index (χ4n) is 6.21. The van der Waals surface area contributed by atoms with E-state index in [2.05, 4.69) is 161 Å². The van der Waals surface area contributed by atoms with Gasteiger partial charge in [0.15, 0.2) is 0 Å². The van der Waals surface area contributed by atoms with Crippen molar-refractivity contribution in [2.75, 3.05) is 0 Å². The summed E-state index contributed by atoms with van der Waals surface area (Å²) in [5, 5.41) is 6.58. The summed E-state index contributed by atoms with van der Waals surface area (Å²) in [4.78, 5) is 0. The van der Waals surface area contributed by atoms with Gasteiger partial charge in [-0.2, -0.15) is 0 Å². The van der Waals surface area contributed by atoms with E-state index in [1.54, 1.807) is 0 Å². The highest BCUT2D eigenvalue weighted by atomic mass is 31.1. The van der Waals surface area contributed by atoms with Crippen LogP contribution >= 0.6 is 8.07 Å². The lowest BCUT2D eigenvalue weighted by atomic mass is 10.1. The number of para-hydroxylation sites is 2. The minimum atomic E-state index is -0.887. The fraction of sp³-hybridized carbons (Fsp3) is 0.0270. The van der Waals surface area contributed by atoms with Gasteiger partial charge >= 0.3 is 0 Å². The molecule has 2 aromatic heterocycles. The molecule has 5 aromatic carbocycles. The maximum Gasteiger partial charge on any atom is 0.0633 e. The first kappa shape index (κ1) is 23.3. The zero-order valence-corrected chi connectivity index (χ0v) is 22.9. The number of allylic oxidation sites excluding steroid dienone is 2. The van der Waals surface area contributed by atoms with Crippen LogP contribution in [0.25, 0.3) is 50.5 Å². The van der Waals surface area contributed by atoms with Gasteiger partial charge in [0.25, 0.3) is 0 Å². The lowest BCUT2D eigenvalue weighted by molar-refractivity contribution is 1.18.